The Morgan fingerprint density at radius 2 is 2.11 bits per heavy atom. The van der Waals surface area contributed by atoms with Crippen LogP contribution in [0.1, 0.15) is 12.0 Å². The van der Waals surface area contributed by atoms with E-state index in [9.17, 15) is 18.0 Å². The van der Waals surface area contributed by atoms with E-state index in [0.717, 1.165) is 11.0 Å². The van der Waals surface area contributed by atoms with Crippen LogP contribution in [0.25, 0.3) is 0 Å². The van der Waals surface area contributed by atoms with Gasteiger partial charge in [0.25, 0.3) is 0 Å². The standard InChI is InChI=1S/C12H12ClF3N2O/c13-8-1-2-10(9(4-8)12(14,15)16)18-6-7(5-17)3-11(18)19/h1-2,4,7H,3,5-6,17H2. The number of hydrogen-bond donors (Lipinski definition) is 1. The van der Waals surface area contributed by atoms with Gasteiger partial charge in [-0.1, -0.05) is 11.6 Å². The van der Waals surface area contributed by atoms with E-state index >= 15 is 0 Å². The lowest BCUT2D eigenvalue weighted by atomic mass is 10.1. The maximum atomic E-state index is 13.0. The van der Waals surface area contributed by atoms with Gasteiger partial charge < -0.3 is 10.6 Å². The van der Waals surface area contributed by atoms with Gasteiger partial charge in [-0.25, -0.2) is 0 Å². The molecule has 2 rings (SSSR count). The first-order chi connectivity index (χ1) is 8.82. The molecule has 2 N–H and O–H groups in total. The molecule has 1 aliphatic heterocycles. The summed E-state index contributed by atoms with van der Waals surface area (Å²) < 4.78 is 38.9. The number of amides is 1. The van der Waals surface area contributed by atoms with Crippen molar-refractivity contribution < 1.29 is 18.0 Å². The Hall–Kier alpha value is -1.27. The summed E-state index contributed by atoms with van der Waals surface area (Å²) in [6, 6.07) is 3.40. The second-order valence-corrected chi connectivity index (χ2v) is 4.91. The molecule has 1 saturated heterocycles. The third-order valence-corrected chi connectivity index (χ3v) is 3.33. The molecule has 104 valence electrons. The molecule has 1 unspecified atom stereocenters. The molecule has 1 aliphatic rings. The smallest absolute Gasteiger partial charge is 0.330 e. The van der Waals surface area contributed by atoms with E-state index in [1.807, 2.05) is 0 Å². The third kappa shape index (κ3) is 2.84. The van der Waals surface area contributed by atoms with Crippen molar-refractivity contribution in [3.8, 4) is 0 Å². The molecular formula is C12H12ClF3N2O. The normalized spacial score (nSPS) is 20.2. The van der Waals surface area contributed by atoms with Crippen molar-refractivity contribution in [2.45, 2.75) is 12.6 Å². The summed E-state index contributed by atoms with van der Waals surface area (Å²) in [4.78, 5) is 12.9. The van der Waals surface area contributed by atoms with E-state index in [1.165, 1.54) is 12.1 Å². The van der Waals surface area contributed by atoms with Crippen LogP contribution in [-0.2, 0) is 11.0 Å². The number of hydrogen-bond acceptors (Lipinski definition) is 2. The van der Waals surface area contributed by atoms with Gasteiger partial charge in [-0.3, -0.25) is 4.79 Å². The van der Waals surface area contributed by atoms with Gasteiger partial charge >= 0.3 is 6.18 Å². The van der Waals surface area contributed by atoms with E-state index in [1.54, 1.807) is 0 Å². The molecule has 0 saturated carbocycles. The maximum absolute atomic E-state index is 13.0. The highest BCUT2D eigenvalue weighted by molar-refractivity contribution is 6.30. The summed E-state index contributed by atoms with van der Waals surface area (Å²) in [7, 11) is 0. The first-order valence-corrected chi connectivity index (χ1v) is 6.08. The largest absolute Gasteiger partial charge is 0.418 e. The van der Waals surface area contributed by atoms with Crippen LogP contribution in [0.4, 0.5) is 18.9 Å². The summed E-state index contributed by atoms with van der Waals surface area (Å²) in [6.07, 6.45) is -4.38. The SMILES string of the molecule is NCC1CC(=O)N(c2ccc(Cl)cc2C(F)(F)F)C1. The third-order valence-electron chi connectivity index (χ3n) is 3.09. The number of alkyl halides is 3. The van der Waals surface area contributed by atoms with Gasteiger partial charge in [0.1, 0.15) is 0 Å². The zero-order valence-corrected chi connectivity index (χ0v) is 10.6. The summed E-state index contributed by atoms with van der Waals surface area (Å²) >= 11 is 5.60. The van der Waals surface area contributed by atoms with Crippen molar-refractivity contribution in [2.24, 2.45) is 11.7 Å². The number of benzene rings is 1. The lowest BCUT2D eigenvalue weighted by molar-refractivity contribution is -0.137. The number of anilines is 1. The number of halogens is 4. The van der Waals surface area contributed by atoms with Gasteiger partial charge in [0.2, 0.25) is 5.91 Å². The van der Waals surface area contributed by atoms with E-state index in [4.69, 9.17) is 17.3 Å². The minimum atomic E-state index is -4.55. The van der Waals surface area contributed by atoms with Crippen molar-refractivity contribution >= 4 is 23.2 Å². The average molecular weight is 293 g/mol. The molecule has 7 heteroatoms. The first kappa shape index (κ1) is 14.1. The topological polar surface area (TPSA) is 46.3 Å². The van der Waals surface area contributed by atoms with Crippen molar-refractivity contribution in [1.82, 2.24) is 0 Å². The van der Waals surface area contributed by atoms with Crippen LogP contribution >= 0.6 is 11.6 Å². The quantitative estimate of drug-likeness (QED) is 0.911. The fraction of sp³-hybridized carbons (Fsp3) is 0.417. The van der Waals surface area contributed by atoms with Crippen LogP contribution in [0.5, 0.6) is 0 Å². The molecule has 19 heavy (non-hydrogen) atoms. The summed E-state index contributed by atoms with van der Waals surface area (Å²) in [6.45, 7) is 0.483. The highest BCUT2D eigenvalue weighted by atomic mass is 35.5. The fourth-order valence-electron chi connectivity index (χ4n) is 2.14. The van der Waals surface area contributed by atoms with Crippen LogP contribution in [0.3, 0.4) is 0 Å². The fourth-order valence-corrected chi connectivity index (χ4v) is 2.32. The predicted molar refractivity (Wildman–Crippen MR) is 66.0 cm³/mol. The van der Waals surface area contributed by atoms with Crippen LogP contribution < -0.4 is 10.6 Å². The molecule has 0 bridgehead atoms. The Kier molecular flexibility index (Phi) is 3.73. The Morgan fingerprint density at radius 3 is 2.63 bits per heavy atom. The molecule has 0 spiro atoms. The molecule has 1 aromatic carbocycles. The molecule has 1 amide bonds. The Morgan fingerprint density at radius 1 is 1.42 bits per heavy atom. The highest BCUT2D eigenvalue weighted by Gasteiger charge is 2.39. The number of rotatable bonds is 2. The molecular weight excluding hydrogens is 281 g/mol. The number of carbonyl (C=O) groups is 1. The molecule has 1 fully saturated rings. The second kappa shape index (κ2) is 5.02. The van der Waals surface area contributed by atoms with E-state index < -0.39 is 11.7 Å². The zero-order valence-electron chi connectivity index (χ0n) is 9.88. The zero-order chi connectivity index (χ0) is 14.2. The van der Waals surface area contributed by atoms with Crippen LogP contribution in [0.15, 0.2) is 18.2 Å². The van der Waals surface area contributed by atoms with E-state index in [0.29, 0.717) is 0 Å². The Bertz CT molecular complexity index is 504. The van der Waals surface area contributed by atoms with Crippen LogP contribution in [0.2, 0.25) is 5.02 Å². The molecule has 1 heterocycles. The monoisotopic (exact) mass is 292 g/mol. The van der Waals surface area contributed by atoms with Crippen molar-refractivity contribution in [1.29, 1.82) is 0 Å². The number of nitrogens with zero attached hydrogens (tertiary/aromatic N) is 1. The Labute approximate surface area is 113 Å². The maximum Gasteiger partial charge on any atom is 0.418 e. The minimum absolute atomic E-state index is 0.0157. The molecule has 0 aliphatic carbocycles. The van der Waals surface area contributed by atoms with Crippen LogP contribution in [0, 0.1) is 5.92 Å². The molecule has 0 radical (unpaired) electrons. The molecule has 1 atom stereocenters. The van der Waals surface area contributed by atoms with Gasteiger partial charge in [0, 0.05) is 18.0 Å². The summed E-state index contributed by atoms with van der Waals surface area (Å²) in [5, 5.41) is -0.0157. The van der Waals surface area contributed by atoms with Gasteiger partial charge in [0.05, 0.1) is 11.3 Å². The number of carbonyl (C=O) groups excluding carboxylic acids is 1. The van der Waals surface area contributed by atoms with E-state index in [-0.39, 0.29) is 42.0 Å². The summed E-state index contributed by atoms with van der Waals surface area (Å²) in [5.41, 5.74) is 4.41. The molecule has 3 nitrogen and oxygen atoms in total. The van der Waals surface area contributed by atoms with Crippen molar-refractivity contribution in [3.05, 3.63) is 28.8 Å². The lowest BCUT2D eigenvalue weighted by Crippen LogP contribution is -2.28. The van der Waals surface area contributed by atoms with Crippen LogP contribution in [-0.4, -0.2) is 19.0 Å². The lowest BCUT2D eigenvalue weighted by Gasteiger charge is -2.21. The van der Waals surface area contributed by atoms with Gasteiger partial charge in [-0.15, -0.1) is 0 Å². The predicted octanol–water partition coefficient (Wildman–Crippen LogP) is 2.67. The van der Waals surface area contributed by atoms with Gasteiger partial charge in [-0.05, 0) is 30.7 Å². The first-order valence-electron chi connectivity index (χ1n) is 5.70. The average Bonchev–Trinajstić information content (AvgIpc) is 2.69. The van der Waals surface area contributed by atoms with Gasteiger partial charge in [-0.2, -0.15) is 13.2 Å². The summed E-state index contributed by atoms with van der Waals surface area (Å²) in [5.74, 6) is -0.451. The van der Waals surface area contributed by atoms with Crippen molar-refractivity contribution in [2.75, 3.05) is 18.0 Å². The molecule has 1 aromatic rings. The second-order valence-electron chi connectivity index (χ2n) is 4.47. The highest BCUT2D eigenvalue weighted by Crippen LogP contribution is 2.39. The molecule has 0 aromatic heterocycles. The Balaban J connectivity index is 2.43. The van der Waals surface area contributed by atoms with E-state index in [2.05, 4.69) is 0 Å². The van der Waals surface area contributed by atoms with Crippen molar-refractivity contribution in [3.63, 3.8) is 0 Å². The van der Waals surface area contributed by atoms with Gasteiger partial charge in [0.15, 0.2) is 0 Å². The minimum Gasteiger partial charge on any atom is -0.330 e. The number of nitrogens with two attached hydrogens (primary N) is 1.